The molecule has 1 unspecified atom stereocenters. The van der Waals surface area contributed by atoms with E-state index in [0.717, 1.165) is 45.1 Å². The molecule has 0 aromatic rings. The minimum absolute atomic E-state index is 0.162. The summed E-state index contributed by atoms with van der Waals surface area (Å²) in [5.74, 6) is 0.162. The third kappa shape index (κ3) is 2.99. The minimum atomic E-state index is -0.296. The summed E-state index contributed by atoms with van der Waals surface area (Å²) in [4.78, 5) is 12.4. The molecule has 2 fully saturated rings. The molecule has 1 atom stereocenters. The standard InChI is InChI=1S/C13H24N2O2/c14-10-13(6-2-1-3-7-13)12(16)15-11-5-4-8-17-9-11/h11H,1-10,14H2,(H,15,16). The Labute approximate surface area is 103 Å². The van der Waals surface area contributed by atoms with Gasteiger partial charge in [0, 0.05) is 13.2 Å². The maximum Gasteiger partial charge on any atom is 0.227 e. The number of carbonyl (C=O) groups excluding carboxylic acids is 1. The first-order valence-electron chi connectivity index (χ1n) is 6.86. The van der Waals surface area contributed by atoms with E-state index in [4.69, 9.17) is 10.5 Å². The van der Waals surface area contributed by atoms with Crippen LogP contribution >= 0.6 is 0 Å². The summed E-state index contributed by atoms with van der Waals surface area (Å²) in [5.41, 5.74) is 5.56. The summed E-state index contributed by atoms with van der Waals surface area (Å²) in [7, 11) is 0. The minimum Gasteiger partial charge on any atom is -0.379 e. The lowest BCUT2D eigenvalue weighted by Crippen LogP contribution is -2.51. The maximum absolute atomic E-state index is 12.4. The number of ether oxygens (including phenoxy) is 1. The summed E-state index contributed by atoms with van der Waals surface area (Å²) in [6.45, 7) is 1.97. The van der Waals surface area contributed by atoms with Gasteiger partial charge in [-0.15, -0.1) is 0 Å². The van der Waals surface area contributed by atoms with Gasteiger partial charge in [0.15, 0.2) is 0 Å². The van der Waals surface area contributed by atoms with Crippen LogP contribution in [0.25, 0.3) is 0 Å². The lowest BCUT2D eigenvalue weighted by molar-refractivity contribution is -0.134. The molecular formula is C13H24N2O2. The molecule has 1 saturated heterocycles. The third-order valence-corrected chi connectivity index (χ3v) is 4.18. The molecule has 0 bridgehead atoms. The first kappa shape index (κ1) is 12.8. The highest BCUT2D eigenvalue weighted by molar-refractivity contribution is 5.83. The molecule has 2 aliphatic rings. The SMILES string of the molecule is NCC1(C(=O)NC2CCCOC2)CCCCC1. The van der Waals surface area contributed by atoms with Gasteiger partial charge in [-0.2, -0.15) is 0 Å². The van der Waals surface area contributed by atoms with Crippen LogP contribution in [0.3, 0.4) is 0 Å². The Morgan fingerprint density at radius 3 is 2.65 bits per heavy atom. The van der Waals surface area contributed by atoms with Crippen LogP contribution in [-0.4, -0.2) is 31.7 Å². The summed E-state index contributed by atoms with van der Waals surface area (Å²) >= 11 is 0. The maximum atomic E-state index is 12.4. The van der Waals surface area contributed by atoms with Crippen LogP contribution in [0.4, 0.5) is 0 Å². The predicted molar refractivity (Wildman–Crippen MR) is 66.6 cm³/mol. The number of nitrogens with one attached hydrogen (secondary N) is 1. The quantitative estimate of drug-likeness (QED) is 0.779. The van der Waals surface area contributed by atoms with Gasteiger partial charge in [0.1, 0.15) is 0 Å². The van der Waals surface area contributed by atoms with E-state index < -0.39 is 0 Å². The Kier molecular flexibility index (Phi) is 4.40. The fourth-order valence-corrected chi connectivity index (χ4v) is 2.95. The molecule has 98 valence electrons. The van der Waals surface area contributed by atoms with Gasteiger partial charge in [0.25, 0.3) is 0 Å². The highest BCUT2D eigenvalue weighted by atomic mass is 16.5. The zero-order valence-corrected chi connectivity index (χ0v) is 10.5. The average molecular weight is 240 g/mol. The van der Waals surface area contributed by atoms with Crippen LogP contribution < -0.4 is 11.1 Å². The summed E-state index contributed by atoms with van der Waals surface area (Å²) in [6.07, 6.45) is 7.47. The highest BCUT2D eigenvalue weighted by Crippen LogP contribution is 2.35. The molecular weight excluding hydrogens is 216 g/mol. The van der Waals surface area contributed by atoms with Crippen molar-refractivity contribution in [3.05, 3.63) is 0 Å². The summed E-state index contributed by atoms with van der Waals surface area (Å²) < 4.78 is 5.39. The zero-order valence-electron chi connectivity index (χ0n) is 10.5. The molecule has 1 saturated carbocycles. The van der Waals surface area contributed by atoms with Gasteiger partial charge in [-0.1, -0.05) is 19.3 Å². The number of rotatable bonds is 3. The van der Waals surface area contributed by atoms with E-state index in [0.29, 0.717) is 13.2 Å². The number of amides is 1. The topological polar surface area (TPSA) is 64.4 Å². The monoisotopic (exact) mass is 240 g/mol. The van der Waals surface area contributed by atoms with Gasteiger partial charge in [-0.3, -0.25) is 4.79 Å². The smallest absolute Gasteiger partial charge is 0.227 e. The number of nitrogens with two attached hydrogens (primary N) is 1. The Morgan fingerprint density at radius 2 is 2.06 bits per heavy atom. The van der Waals surface area contributed by atoms with Crippen molar-refractivity contribution in [3.8, 4) is 0 Å². The zero-order chi connectivity index (χ0) is 12.1. The Morgan fingerprint density at radius 1 is 1.29 bits per heavy atom. The molecule has 0 aromatic heterocycles. The van der Waals surface area contributed by atoms with E-state index >= 15 is 0 Å². The van der Waals surface area contributed by atoms with Gasteiger partial charge in [-0.05, 0) is 25.7 Å². The molecule has 1 heterocycles. The van der Waals surface area contributed by atoms with Crippen molar-refractivity contribution in [3.63, 3.8) is 0 Å². The van der Waals surface area contributed by atoms with Gasteiger partial charge < -0.3 is 15.8 Å². The molecule has 3 N–H and O–H groups in total. The Bertz CT molecular complexity index is 256. The van der Waals surface area contributed by atoms with Crippen LogP contribution in [0.15, 0.2) is 0 Å². The van der Waals surface area contributed by atoms with E-state index in [1.54, 1.807) is 0 Å². The van der Waals surface area contributed by atoms with Crippen molar-refractivity contribution in [1.82, 2.24) is 5.32 Å². The normalized spacial score (nSPS) is 28.6. The molecule has 4 nitrogen and oxygen atoms in total. The largest absolute Gasteiger partial charge is 0.379 e. The molecule has 0 aromatic carbocycles. The second kappa shape index (κ2) is 5.83. The fraction of sp³-hybridized carbons (Fsp3) is 0.923. The van der Waals surface area contributed by atoms with Crippen molar-refractivity contribution >= 4 is 5.91 Å². The van der Waals surface area contributed by atoms with Gasteiger partial charge in [0.05, 0.1) is 18.1 Å². The van der Waals surface area contributed by atoms with Crippen molar-refractivity contribution in [2.24, 2.45) is 11.1 Å². The molecule has 2 rings (SSSR count). The highest BCUT2D eigenvalue weighted by Gasteiger charge is 2.38. The van der Waals surface area contributed by atoms with Crippen LogP contribution in [0, 0.1) is 5.41 Å². The fourth-order valence-electron chi connectivity index (χ4n) is 2.95. The van der Waals surface area contributed by atoms with Gasteiger partial charge >= 0.3 is 0 Å². The van der Waals surface area contributed by atoms with Crippen LogP contribution in [-0.2, 0) is 9.53 Å². The van der Waals surface area contributed by atoms with Gasteiger partial charge in [-0.25, -0.2) is 0 Å². The van der Waals surface area contributed by atoms with Crippen molar-refractivity contribution in [1.29, 1.82) is 0 Å². The van der Waals surface area contributed by atoms with E-state index in [1.807, 2.05) is 0 Å². The molecule has 0 spiro atoms. The lowest BCUT2D eigenvalue weighted by atomic mass is 9.73. The van der Waals surface area contributed by atoms with Crippen LogP contribution in [0.2, 0.25) is 0 Å². The second-order valence-electron chi connectivity index (χ2n) is 5.43. The molecule has 0 radical (unpaired) electrons. The second-order valence-corrected chi connectivity index (χ2v) is 5.43. The van der Waals surface area contributed by atoms with E-state index in [1.165, 1.54) is 6.42 Å². The molecule has 17 heavy (non-hydrogen) atoms. The first-order valence-corrected chi connectivity index (χ1v) is 6.86. The summed E-state index contributed by atoms with van der Waals surface area (Å²) in [6, 6.07) is 0.196. The number of hydrogen-bond donors (Lipinski definition) is 2. The molecule has 1 aliphatic heterocycles. The Balaban J connectivity index is 1.91. The van der Waals surface area contributed by atoms with Gasteiger partial charge in [0.2, 0.25) is 5.91 Å². The van der Waals surface area contributed by atoms with E-state index in [2.05, 4.69) is 5.32 Å². The van der Waals surface area contributed by atoms with E-state index in [-0.39, 0.29) is 17.4 Å². The molecule has 1 amide bonds. The molecule has 1 aliphatic carbocycles. The van der Waals surface area contributed by atoms with Crippen LogP contribution in [0.5, 0.6) is 0 Å². The summed E-state index contributed by atoms with van der Waals surface area (Å²) in [5, 5.41) is 3.14. The lowest BCUT2D eigenvalue weighted by Gasteiger charge is -2.36. The van der Waals surface area contributed by atoms with E-state index in [9.17, 15) is 4.79 Å². The van der Waals surface area contributed by atoms with Crippen molar-refractivity contribution in [2.75, 3.05) is 19.8 Å². The Hall–Kier alpha value is -0.610. The van der Waals surface area contributed by atoms with Crippen LogP contribution in [0.1, 0.15) is 44.9 Å². The molecule has 4 heteroatoms. The number of hydrogen-bond acceptors (Lipinski definition) is 3. The average Bonchev–Trinajstić information content (AvgIpc) is 2.40. The van der Waals surface area contributed by atoms with Crippen molar-refractivity contribution < 1.29 is 9.53 Å². The predicted octanol–water partition coefficient (Wildman–Crippen LogP) is 1.19. The van der Waals surface area contributed by atoms with Crippen molar-refractivity contribution in [2.45, 2.75) is 51.0 Å². The first-order chi connectivity index (χ1) is 8.27. The number of carbonyl (C=O) groups is 1. The third-order valence-electron chi connectivity index (χ3n) is 4.18.